The molecular formula is C11H16O6S. The molecular weight excluding hydrogens is 260 g/mol. The smallest absolute Gasteiger partial charge is 0.298 e. The number of benzene rings is 1. The third-order valence-electron chi connectivity index (χ3n) is 3.10. The molecule has 0 saturated heterocycles. The second-order valence-corrected chi connectivity index (χ2v) is 6.07. The molecule has 0 bridgehead atoms. The lowest BCUT2D eigenvalue weighted by Crippen LogP contribution is -2.16. The van der Waals surface area contributed by atoms with Crippen molar-refractivity contribution < 1.29 is 28.3 Å². The monoisotopic (exact) mass is 276 g/mol. The van der Waals surface area contributed by atoms with Crippen LogP contribution in [0, 0.1) is 0 Å². The highest BCUT2D eigenvalue weighted by Crippen LogP contribution is 2.46. The molecule has 0 saturated carbocycles. The van der Waals surface area contributed by atoms with Crippen LogP contribution in [0.25, 0.3) is 0 Å². The van der Waals surface area contributed by atoms with E-state index in [2.05, 4.69) is 0 Å². The predicted molar refractivity (Wildman–Crippen MR) is 64.6 cm³/mol. The van der Waals surface area contributed by atoms with Crippen LogP contribution in [-0.2, 0) is 15.5 Å². The van der Waals surface area contributed by atoms with Gasteiger partial charge < -0.3 is 15.3 Å². The molecule has 6 nitrogen and oxygen atoms in total. The number of hydrogen-bond acceptors (Lipinski definition) is 5. The first-order chi connectivity index (χ1) is 8.02. The maximum Gasteiger partial charge on any atom is 0.298 e. The fourth-order valence-corrected chi connectivity index (χ4v) is 2.13. The lowest BCUT2D eigenvalue weighted by Gasteiger charge is -2.25. The van der Waals surface area contributed by atoms with Crippen LogP contribution in [0.3, 0.4) is 0 Å². The zero-order valence-corrected chi connectivity index (χ0v) is 11.1. The molecule has 18 heavy (non-hydrogen) atoms. The van der Waals surface area contributed by atoms with Gasteiger partial charge in [-0.15, -0.1) is 0 Å². The van der Waals surface area contributed by atoms with Crippen molar-refractivity contribution in [3.05, 3.63) is 11.6 Å². The summed E-state index contributed by atoms with van der Waals surface area (Å²) in [7, 11) is -4.68. The summed E-state index contributed by atoms with van der Waals surface area (Å²) in [5.41, 5.74) is -0.498. The highest BCUT2D eigenvalue weighted by Gasteiger charge is 2.30. The molecule has 1 rings (SSSR count). The number of hydrogen-bond donors (Lipinski definition) is 4. The fraction of sp³-hybridized carbons (Fsp3) is 0.455. The Morgan fingerprint density at radius 1 is 1.11 bits per heavy atom. The average Bonchev–Trinajstić information content (AvgIpc) is 2.24. The van der Waals surface area contributed by atoms with Crippen molar-refractivity contribution in [3.8, 4) is 17.2 Å². The molecule has 0 aliphatic carbocycles. The van der Waals surface area contributed by atoms with E-state index in [0.29, 0.717) is 6.42 Å². The molecule has 0 aromatic heterocycles. The number of phenolic OH excluding ortho intramolecular Hbond substituents is 3. The van der Waals surface area contributed by atoms with Gasteiger partial charge in [0, 0.05) is 5.56 Å². The molecule has 0 aliphatic heterocycles. The number of aromatic hydroxyl groups is 3. The highest BCUT2D eigenvalue weighted by molar-refractivity contribution is 7.86. The van der Waals surface area contributed by atoms with Crippen LogP contribution in [0.15, 0.2) is 11.0 Å². The molecule has 0 spiro atoms. The van der Waals surface area contributed by atoms with Crippen molar-refractivity contribution in [2.75, 3.05) is 0 Å². The summed E-state index contributed by atoms with van der Waals surface area (Å²) in [6.07, 6.45) is 0.551. The summed E-state index contributed by atoms with van der Waals surface area (Å²) in [6, 6.07) is 0.962. The van der Waals surface area contributed by atoms with Crippen LogP contribution in [0.1, 0.15) is 32.8 Å². The molecule has 0 unspecified atom stereocenters. The normalized spacial score (nSPS) is 12.7. The summed E-state index contributed by atoms with van der Waals surface area (Å²) in [4.78, 5) is -0.825. The van der Waals surface area contributed by atoms with Gasteiger partial charge in [0.2, 0.25) is 5.75 Å². The van der Waals surface area contributed by atoms with E-state index in [9.17, 15) is 23.7 Å². The van der Waals surface area contributed by atoms with Gasteiger partial charge in [0.25, 0.3) is 10.1 Å². The topological polar surface area (TPSA) is 115 Å². The minimum absolute atomic E-state index is 0.132. The average molecular weight is 276 g/mol. The van der Waals surface area contributed by atoms with E-state index in [1.807, 2.05) is 6.92 Å². The van der Waals surface area contributed by atoms with Gasteiger partial charge in [0.15, 0.2) is 11.5 Å². The van der Waals surface area contributed by atoms with Gasteiger partial charge >= 0.3 is 0 Å². The van der Waals surface area contributed by atoms with Gasteiger partial charge in [-0.25, -0.2) is 0 Å². The predicted octanol–water partition coefficient (Wildman–Crippen LogP) is 1.74. The van der Waals surface area contributed by atoms with Gasteiger partial charge in [-0.2, -0.15) is 8.42 Å². The molecule has 1 aromatic rings. The third-order valence-corrected chi connectivity index (χ3v) is 3.97. The molecule has 0 atom stereocenters. The van der Waals surface area contributed by atoms with E-state index in [4.69, 9.17) is 4.55 Å². The number of phenols is 3. The van der Waals surface area contributed by atoms with Crippen LogP contribution >= 0.6 is 0 Å². The quantitative estimate of drug-likeness (QED) is 0.493. The van der Waals surface area contributed by atoms with Crippen LogP contribution in [0.4, 0.5) is 0 Å². The highest BCUT2D eigenvalue weighted by atomic mass is 32.2. The van der Waals surface area contributed by atoms with Crippen molar-refractivity contribution in [3.63, 3.8) is 0 Å². The van der Waals surface area contributed by atoms with E-state index < -0.39 is 37.7 Å². The molecule has 0 heterocycles. The van der Waals surface area contributed by atoms with Gasteiger partial charge in [0.1, 0.15) is 4.90 Å². The van der Waals surface area contributed by atoms with Crippen molar-refractivity contribution in [1.82, 2.24) is 0 Å². The van der Waals surface area contributed by atoms with E-state index in [0.717, 1.165) is 6.07 Å². The van der Waals surface area contributed by atoms with Crippen molar-refractivity contribution >= 4 is 10.1 Å². The minimum atomic E-state index is -4.68. The first-order valence-corrected chi connectivity index (χ1v) is 6.72. The fourth-order valence-electron chi connectivity index (χ4n) is 1.53. The second kappa shape index (κ2) is 4.33. The first-order valence-electron chi connectivity index (χ1n) is 5.28. The van der Waals surface area contributed by atoms with Crippen molar-refractivity contribution in [1.29, 1.82) is 0 Å². The van der Waals surface area contributed by atoms with Gasteiger partial charge in [0.05, 0.1) is 0 Å². The summed E-state index contributed by atoms with van der Waals surface area (Å²) >= 11 is 0. The van der Waals surface area contributed by atoms with Crippen molar-refractivity contribution in [2.45, 2.75) is 37.5 Å². The minimum Gasteiger partial charge on any atom is -0.504 e. The Kier molecular flexibility index (Phi) is 3.51. The Bertz CT molecular complexity index is 574. The van der Waals surface area contributed by atoms with E-state index in [1.165, 1.54) is 0 Å². The molecule has 4 N–H and O–H groups in total. The molecule has 0 aliphatic rings. The van der Waals surface area contributed by atoms with Crippen LogP contribution in [0.5, 0.6) is 17.2 Å². The first kappa shape index (κ1) is 14.6. The molecule has 0 radical (unpaired) electrons. The molecule has 102 valence electrons. The standard InChI is InChI=1S/C11H16O6S/c1-4-11(2,3)6-5-7(18(15,16)17)9(13)10(14)8(6)12/h5,12-14H,4H2,1-3H3,(H,15,16,17). The zero-order chi connectivity index (χ0) is 14.3. The largest absolute Gasteiger partial charge is 0.504 e. The Morgan fingerprint density at radius 2 is 1.61 bits per heavy atom. The lowest BCUT2D eigenvalue weighted by atomic mass is 9.81. The van der Waals surface area contributed by atoms with E-state index in [-0.39, 0.29) is 5.56 Å². The SMILES string of the molecule is CCC(C)(C)c1cc(S(=O)(=O)O)c(O)c(O)c1O. The van der Waals surface area contributed by atoms with Gasteiger partial charge in [-0.3, -0.25) is 4.55 Å². The van der Waals surface area contributed by atoms with Crippen LogP contribution in [0.2, 0.25) is 0 Å². The summed E-state index contributed by atoms with van der Waals surface area (Å²) < 4.78 is 31.1. The zero-order valence-electron chi connectivity index (χ0n) is 10.3. The van der Waals surface area contributed by atoms with E-state index in [1.54, 1.807) is 13.8 Å². The summed E-state index contributed by atoms with van der Waals surface area (Å²) in [5, 5.41) is 28.7. The van der Waals surface area contributed by atoms with E-state index >= 15 is 0 Å². The third kappa shape index (κ3) is 2.37. The molecule has 1 aromatic carbocycles. The van der Waals surface area contributed by atoms with Gasteiger partial charge in [-0.1, -0.05) is 20.8 Å². The summed E-state index contributed by atoms with van der Waals surface area (Å²) in [6.45, 7) is 5.27. The molecule has 0 fully saturated rings. The van der Waals surface area contributed by atoms with Crippen LogP contribution in [-0.4, -0.2) is 28.3 Å². The maximum absolute atomic E-state index is 11.1. The van der Waals surface area contributed by atoms with Crippen LogP contribution < -0.4 is 0 Å². The molecule has 0 amide bonds. The maximum atomic E-state index is 11.1. The van der Waals surface area contributed by atoms with Crippen molar-refractivity contribution in [2.24, 2.45) is 0 Å². The Labute approximate surface area is 105 Å². The lowest BCUT2D eigenvalue weighted by molar-refractivity contribution is 0.346. The molecule has 7 heteroatoms. The van der Waals surface area contributed by atoms with Gasteiger partial charge in [-0.05, 0) is 17.9 Å². The Morgan fingerprint density at radius 3 is 2.00 bits per heavy atom. The Hall–Kier alpha value is -1.47. The second-order valence-electron chi connectivity index (χ2n) is 4.68. The number of rotatable bonds is 3. The summed E-state index contributed by atoms with van der Waals surface area (Å²) in [5.74, 6) is -2.61. The Balaban J connectivity index is 3.73.